The van der Waals surface area contributed by atoms with Gasteiger partial charge in [0.1, 0.15) is 12.6 Å². The quantitative estimate of drug-likeness (QED) is 0.654. The molecule has 0 saturated carbocycles. The average Bonchev–Trinajstić information content (AvgIpc) is 2.13. The maximum absolute atomic E-state index is 11.1. The fourth-order valence-corrected chi connectivity index (χ4v) is 0.681. The number of carbonyl (C=O) groups is 2. The smallest absolute Gasteiger partial charge is 0.325 e. The van der Waals surface area contributed by atoms with Gasteiger partial charge < -0.3 is 15.2 Å². The molecule has 0 saturated heterocycles. The van der Waals surface area contributed by atoms with Gasteiger partial charge in [0.05, 0.1) is 6.10 Å². The van der Waals surface area contributed by atoms with Crippen LogP contribution in [0.4, 0.5) is 0 Å². The molecule has 0 fully saturated rings. The fraction of sp³-hybridized carbons (Fsp3) is 0.778. The zero-order valence-electron chi connectivity index (χ0n) is 8.74. The standard InChI is InChI=1S/C9H17NO4/c1-4-6(2)14-5-8(11)10-7(3)9(12)13/h6-7H,4-5H2,1-3H3,(H,10,11)(H,12,13). The Bertz CT molecular complexity index is 205. The number of carboxylic acid groups (broad SMARTS) is 1. The van der Waals surface area contributed by atoms with E-state index in [2.05, 4.69) is 5.32 Å². The van der Waals surface area contributed by atoms with Crippen LogP contribution in [0.25, 0.3) is 0 Å². The molecule has 5 heteroatoms. The molecule has 0 aliphatic rings. The van der Waals surface area contributed by atoms with E-state index in [9.17, 15) is 9.59 Å². The normalized spacial score (nSPS) is 14.5. The minimum absolute atomic E-state index is 0.0147. The molecule has 0 bridgehead atoms. The molecule has 0 spiro atoms. The van der Waals surface area contributed by atoms with Crippen molar-refractivity contribution in [1.82, 2.24) is 5.32 Å². The molecule has 0 aliphatic heterocycles. The molecular weight excluding hydrogens is 186 g/mol. The molecule has 0 aromatic rings. The highest BCUT2D eigenvalue weighted by Gasteiger charge is 2.14. The van der Waals surface area contributed by atoms with E-state index >= 15 is 0 Å². The predicted molar refractivity (Wildman–Crippen MR) is 50.9 cm³/mol. The molecule has 0 radical (unpaired) electrons. The van der Waals surface area contributed by atoms with Gasteiger partial charge in [0.25, 0.3) is 0 Å². The molecule has 2 unspecified atom stereocenters. The van der Waals surface area contributed by atoms with Crippen LogP contribution in [0.2, 0.25) is 0 Å². The summed E-state index contributed by atoms with van der Waals surface area (Å²) in [5, 5.41) is 10.8. The summed E-state index contributed by atoms with van der Waals surface area (Å²) >= 11 is 0. The number of amides is 1. The summed E-state index contributed by atoms with van der Waals surface area (Å²) < 4.78 is 5.13. The molecule has 2 N–H and O–H groups in total. The van der Waals surface area contributed by atoms with Gasteiger partial charge in [-0.3, -0.25) is 9.59 Å². The van der Waals surface area contributed by atoms with Crippen molar-refractivity contribution in [1.29, 1.82) is 0 Å². The molecule has 82 valence electrons. The van der Waals surface area contributed by atoms with Crippen molar-refractivity contribution < 1.29 is 19.4 Å². The van der Waals surface area contributed by atoms with Crippen molar-refractivity contribution in [3.63, 3.8) is 0 Å². The number of hydrogen-bond acceptors (Lipinski definition) is 3. The zero-order valence-corrected chi connectivity index (χ0v) is 8.74. The highest BCUT2D eigenvalue weighted by Crippen LogP contribution is 1.94. The molecule has 14 heavy (non-hydrogen) atoms. The van der Waals surface area contributed by atoms with Crippen molar-refractivity contribution in [3.05, 3.63) is 0 Å². The van der Waals surface area contributed by atoms with E-state index in [1.165, 1.54) is 6.92 Å². The second-order valence-corrected chi connectivity index (χ2v) is 3.16. The van der Waals surface area contributed by atoms with Crippen LogP contribution in [-0.2, 0) is 14.3 Å². The number of carboxylic acids is 1. The largest absolute Gasteiger partial charge is 0.480 e. The van der Waals surface area contributed by atoms with Crippen molar-refractivity contribution in [3.8, 4) is 0 Å². The Labute approximate surface area is 83.4 Å². The van der Waals surface area contributed by atoms with Gasteiger partial charge in [-0.05, 0) is 20.3 Å². The van der Waals surface area contributed by atoms with Gasteiger partial charge in [-0.2, -0.15) is 0 Å². The molecule has 0 aromatic carbocycles. The molecule has 1 amide bonds. The predicted octanol–water partition coefficient (Wildman–Crippen LogP) is 0.391. The first-order valence-corrected chi connectivity index (χ1v) is 4.61. The summed E-state index contributed by atoms with van der Waals surface area (Å²) in [5.41, 5.74) is 0. The van der Waals surface area contributed by atoms with Gasteiger partial charge in [0, 0.05) is 0 Å². The first-order chi connectivity index (χ1) is 6.47. The highest BCUT2D eigenvalue weighted by atomic mass is 16.5. The van der Waals surface area contributed by atoms with E-state index < -0.39 is 17.9 Å². The van der Waals surface area contributed by atoms with Crippen molar-refractivity contribution in [2.24, 2.45) is 0 Å². The van der Waals surface area contributed by atoms with Crippen LogP contribution in [0.15, 0.2) is 0 Å². The van der Waals surface area contributed by atoms with Crippen LogP contribution < -0.4 is 5.32 Å². The number of ether oxygens (including phenoxy) is 1. The summed E-state index contributed by atoms with van der Waals surface area (Å²) in [6.07, 6.45) is 0.836. The summed E-state index contributed by atoms with van der Waals surface area (Å²) in [4.78, 5) is 21.5. The number of rotatable bonds is 6. The van der Waals surface area contributed by atoms with Crippen LogP contribution in [0.5, 0.6) is 0 Å². The van der Waals surface area contributed by atoms with Gasteiger partial charge in [-0.1, -0.05) is 6.92 Å². The SMILES string of the molecule is CCC(C)OCC(=O)NC(C)C(=O)O. The molecule has 0 heterocycles. The second-order valence-electron chi connectivity index (χ2n) is 3.16. The minimum atomic E-state index is -1.05. The second kappa shape index (κ2) is 6.37. The lowest BCUT2D eigenvalue weighted by molar-refractivity contribution is -0.142. The Kier molecular flexibility index (Phi) is 5.87. The van der Waals surface area contributed by atoms with E-state index in [1.54, 1.807) is 0 Å². The molecule has 0 aromatic heterocycles. The Morgan fingerprint density at radius 1 is 1.43 bits per heavy atom. The lowest BCUT2D eigenvalue weighted by atomic mass is 10.3. The van der Waals surface area contributed by atoms with Gasteiger partial charge in [0.2, 0.25) is 5.91 Å². The third kappa shape index (κ3) is 5.53. The zero-order chi connectivity index (χ0) is 11.1. The van der Waals surface area contributed by atoms with Gasteiger partial charge in [-0.15, -0.1) is 0 Å². The third-order valence-corrected chi connectivity index (χ3v) is 1.82. The summed E-state index contributed by atoms with van der Waals surface area (Å²) in [5.74, 6) is -1.46. The Morgan fingerprint density at radius 2 is 2.00 bits per heavy atom. The Balaban J connectivity index is 3.71. The first-order valence-electron chi connectivity index (χ1n) is 4.61. The number of hydrogen-bond donors (Lipinski definition) is 2. The molecular formula is C9H17NO4. The first kappa shape index (κ1) is 12.9. The molecule has 0 aliphatic carbocycles. The third-order valence-electron chi connectivity index (χ3n) is 1.82. The van der Waals surface area contributed by atoms with Crippen LogP contribution in [0.3, 0.4) is 0 Å². The number of carbonyl (C=O) groups excluding carboxylic acids is 1. The summed E-state index contributed by atoms with van der Waals surface area (Å²) in [6, 6.07) is -0.872. The van der Waals surface area contributed by atoms with Crippen molar-refractivity contribution in [2.75, 3.05) is 6.61 Å². The highest BCUT2D eigenvalue weighted by molar-refractivity contribution is 5.83. The van der Waals surface area contributed by atoms with E-state index in [0.29, 0.717) is 0 Å². The van der Waals surface area contributed by atoms with Gasteiger partial charge in [-0.25, -0.2) is 0 Å². The lowest BCUT2D eigenvalue weighted by Gasteiger charge is -2.12. The van der Waals surface area contributed by atoms with Crippen LogP contribution in [0, 0.1) is 0 Å². The molecule has 0 rings (SSSR count). The van der Waals surface area contributed by atoms with E-state index in [1.807, 2.05) is 13.8 Å². The minimum Gasteiger partial charge on any atom is -0.480 e. The number of aliphatic carboxylic acids is 1. The topological polar surface area (TPSA) is 75.6 Å². The van der Waals surface area contributed by atoms with Crippen LogP contribution >= 0.6 is 0 Å². The fourth-order valence-electron chi connectivity index (χ4n) is 0.681. The van der Waals surface area contributed by atoms with Crippen molar-refractivity contribution >= 4 is 11.9 Å². The Morgan fingerprint density at radius 3 is 2.43 bits per heavy atom. The van der Waals surface area contributed by atoms with E-state index in [-0.39, 0.29) is 12.7 Å². The molecule has 5 nitrogen and oxygen atoms in total. The van der Waals surface area contributed by atoms with Crippen LogP contribution in [-0.4, -0.2) is 35.7 Å². The Hall–Kier alpha value is -1.10. The maximum atomic E-state index is 11.1. The van der Waals surface area contributed by atoms with Crippen molar-refractivity contribution in [2.45, 2.75) is 39.3 Å². The van der Waals surface area contributed by atoms with Crippen LogP contribution in [0.1, 0.15) is 27.2 Å². The van der Waals surface area contributed by atoms with E-state index in [4.69, 9.17) is 9.84 Å². The van der Waals surface area contributed by atoms with Gasteiger partial charge in [0.15, 0.2) is 0 Å². The lowest BCUT2D eigenvalue weighted by Crippen LogP contribution is -2.40. The summed E-state index contributed by atoms with van der Waals surface area (Å²) in [6.45, 7) is 5.12. The maximum Gasteiger partial charge on any atom is 0.325 e. The molecule has 2 atom stereocenters. The number of nitrogens with one attached hydrogen (secondary N) is 1. The monoisotopic (exact) mass is 203 g/mol. The average molecular weight is 203 g/mol. The summed E-state index contributed by atoms with van der Waals surface area (Å²) in [7, 11) is 0. The van der Waals surface area contributed by atoms with E-state index in [0.717, 1.165) is 6.42 Å². The van der Waals surface area contributed by atoms with Gasteiger partial charge >= 0.3 is 5.97 Å².